The molecule has 0 aliphatic carbocycles. The molecule has 2 aromatic rings. The van der Waals surface area contributed by atoms with Gasteiger partial charge in [-0.05, 0) is 12.1 Å². The highest BCUT2D eigenvalue weighted by Crippen LogP contribution is 2.30. The maximum Gasteiger partial charge on any atom is 0.224 e. The Hall–Kier alpha value is -2.14. The third-order valence-electron chi connectivity index (χ3n) is 3.59. The van der Waals surface area contributed by atoms with Gasteiger partial charge in [0.05, 0.1) is 17.9 Å². The van der Waals surface area contributed by atoms with Gasteiger partial charge >= 0.3 is 0 Å². The highest BCUT2D eigenvalue weighted by Gasteiger charge is 2.36. The first-order valence-corrected chi connectivity index (χ1v) is 6.28. The van der Waals surface area contributed by atoms with Gasteiger partial charge in [-0.2, -0.15) is 5.10 Å². The van der Waals surface area contributed by atoms with Gasteiger partial charge in [0.2, 0.25) is 5.91 Å². The smallest absolute Gasteiger partial charge is 0.224 e. The van der Waals surface area contributed by atoms with Gasteiger partial charge in [0.25, 0.3) is 0 Å². The Morgan fingerprint density at radius 2 is 2.05 bits per heavy atom. The topological polar surface area (TPSA) is 64.2 Å². The summed E-state index contributed by atoms with van der Waals surface area (Å²) < 4.78 is 1.80. The van der Waals surface area contributed by atoms with Gasteiger partial charge in [-0.15, -0.1) is 0 Å². The van der Waals surface area contributed by atoms with Crippen molar-refractivity contribution in [1.82, 2.24) is 14.7 Å². The Kier molecular flexibility index (Phi) is 2.83. The average molecular weight is 256 g/mol. The van der Waals surface area contributed by atoms with Crippen LogP contribution in [0.2, 0.25) is 0 Å². The Bertz CT molecular complexity index is 593. The molecule has 2 heterocycles. The zero-order chi connectivity index (χ0) is 13.4. The number of benzene rings is 1. The van der Waals surface area contributed by atoms with Crippen molar-refractivity contribution in [2.45, 2.75) is 18.5 Å². The lowest BCUT2D eigenvalue weighted by Crippen LogP contribution is -2.29. The third kappa shape index (κ3) is 2.02. The second-order valence-electron chi connectivity index (χ2n) is 4.87. The second-order valence-corrected chi connectivity index (χ2v) is 4.87. The third-order valence-corrected chi connectivity index (χ3v) is 3.59. The fraction of sp³-hybridized carbons (Fsp3) is 0.286. The van der Waals surface area contributed by atoms with E-state index in [2.05, 4.69) is 5.10 Å². The number of carbonyl (C=O) groups is 1. The Labute approximate surface area is 111 Å². The standard InChI is InChI=1S/C14H16N4O/c1-17-13(19)7-12(15)14(17)10-8-16-18(9-10)11-5-3-2-4-6-11/h2-6,8-9,12,14H,7,15H2,1H3. The van der Waals surface area contributed by atoms with E-state index in [-0.39, 0.29) is 18.0 Å². The number of carbonyl (C=O) groups excluding carboxylic acids is 1. The van der Waals surface area contributed by atoms with Gasteiger partial charge in [-0.3, -0.25) is 4.79 Å². The number of hydrogen-bond acceptors (Lipinski definition) is 3. The molecule has 1 fully saturated rings. The predicted octanol–water partition coefficient (Wildman–Crippen LogP) is 1.10. The van der Waals surface area contributed by atoms with Crippen LogP contribution in [0.15, 0.2) is 42.7 Å². The molecule has 1 aromatic heterocycles. The summed E-state index contributed by atoms with van der Waals surface area (Å²) in [5.74, 6) is 0.0879. The zero-order valence-electron chi connectivity index (χ0n) is 10.7. The minimum Gasteiger partial charge on any atom is -0.337 e. The van der Waals surface area contributed by atoms with E-state index in [0.717, 1.165) is 11.3 Å². The van der Waals surface area contributed by atoms with E-state index in [1.807, 2.05) is 36.5 Å². The lowest BCUT2D eigenvalue weighted by molar-refractivity contribution is -0.127. The van der Waals surface area contributed by atoms with Crippen molar-refractivity contribution in [3.8, 4) is 5.69 Å². The molecular weight excluding hydrogens is 240 g/mol. The first kappa shape index (κ1) is 11.9. The van der Waals surface area contributed by atoms with Gasteiger partial charge in [0.15, 0.2) is 0 Å². The number of amides is 1. The molecule has 1 aliphatic heterocycles. The zero-order valence-corrected chi connectivity index (χ0v) is 10.7. The maximum atomic E-state index is 11.7. The van der Waals surface area contributed by atoms with Crippen LogP contribution in [0.4, 0.5) is 0 Å². The summed E-state index contributed by atoms with van der Waals surface area (Å²) in [7, 11) is 1.79. The molecule has 0 spiro atoms. The number of likely N-dealkylation sites (tertiary alicyclic amines) is 1. The molecular formula is C14H16N4O. The lowest BCUT2D eigenvalue weighted by atomic mass is 10.0. The van der Waals surface area contributed by atoms with Crippen LogP contribution in [-0.4, -0.2) is 33.7 Å². The van der Waals surface area contributed by atoms with E-state index in [0.29, 0.717) is 6.42 Å². The molecule has 1 saturated heterocycles. The molecule has 1 aliphatic rings. The molecule has 5 heteroatoms. The number of hydrogen-bond donors (Lipinski definition) is 1. The summed E-state index contributed by atoms with van der Waals surface area (Å²) in [5, 5.41) is 4.35. The molecule has 0 saturated carbocycles. The molecule has 3 rings (SSSR count). The molecule has 1 amide bonds. The first-order valence-electron chi connectivity index (χ1n) is 6.28. The molecule has 98 valence electrons. The molecule has 19 heavy (non-hydrogen) atoms. The van der Waals surface area contributed by atoms with Crippen LogP contribution in [-0.2, 0) is 4.79 Å². The minimum absolute atomic E-state index is 0.0787. The van der Waals surface area contributed by atoms with E-state index in [1.165, 1.54) is 0 Å². The van der Waals surface area contributed by atoms with Crippen molar-refractivity contribution in [2.24, 2.45) is 5.73 Å². The van der Waals surface area contributed by atoms with Gasteiger partial charge in [-0.25, -0.2) is 4.68 Å². The number of rotatable bonds is 2. The first-order chi connectivity index (χ1) is 9.16. The number of nitrogens with zero attached hydrogens (tertiary/aromatic N) is 3. The van der Waals surface area contributed by atoms with Gasteiger partial charge < -0.3 is 10.6 Å². The van der Waals surface area contributed by atoms with Gasteiger partial charge in [-0.1, -0.05) is 18.2 Å². The van der Waals surface area contributed by atoms with Crippen molar-refractivity contribution >= 4 is 5.91 Å². The van der Waals surface area contributed by atoms with Crippen LogP contribution in [0.25, 0.3) is 5.69 Å². The van der Waals surface area contributed by atoms with Crippen LogP contribution in [0.1, 0.15) is 18.0 Å². The Morgan fingerprint density at radius 1 is 1.32 bits per heavy atom. The fourth-order valence-corrected chi connectivity index (χ4v) is 2.58. The number of likely N-dealkylation sites (N-methyl/N-ethyl adjacent to an activating group) is 1. The van der Waals surface area contributed by atoms with Crippen molar-refractivity contribution in [1.29, 1.82) is 0 Å². The van der Waals surface area contributed by atoms with Gasteiger partial charge in [0.1, 0.15) is 0 Å². The minimum atomic E-state index is -0.161. The molecule has 0 bridgehead atoms. The second kappa shape index (κ2) is 4.51. The summed E-state index contributed by atoms with van der Waals surface area (Å²) in [6, 6.07) is 9.63. The van der Waals surface area contributed by atoms with E-state index in [4.69, 9.17) is 5.73 Å². The van der Waals surface area contributed by atoms with Crippen molar-refractivity contribution in [3.63, 3.8) is 0 Å². The molecule has 2 N–H and O–H groups in total. The highest BCUT2D eigenvalue weighted by atomic mass is 16.2. The van der Waals surface area contributed by atoms with E-state index >= 15 is 0 Å². The monoisotopic (exact) mass is 256 g/mol. The van der Waals surface area contributed by atoms with Crippen molar-refractivity contribution < 1.29 is 4.79 Å². The molecule has 2 atom stereocenters. The highest BCUT2D eigenvalue weighted by molar-refractivity contribution is 5.80. The summed E-state index contributed by atoms with van der Waals surface area (Å²) in [6.07, 6.45) is 4.12. The van der Waals surface area contributed by atoms with E-state index in [1.54, 1.807) is 22.8 Å². The van der Waals surface area contributed by atoms with Crippen LogP contribution in [0.3, 0.4) is 0 Å². The molecule has 5 nitrogen and oxygen atoms in total. The number of aromatic nitrogens is 2. The molecule has 0 radical (unpaired) electrons. The van der Waals surface area contributed by atoms with E-state index < -0.39 is 0 Å². The maximum absolute atomic E-state index is 11.7. The number of para-hydroxylation sites is 1. The average Bonchev–Trinajstić information content (AvgIpc) is 2.97. The fourth-order valence-electron chi connectivity index (χ4n) is 2.58. The van der Waals surface area contributed by atoms with Crippen LogP contribution < -0.4 is 5.73 Å². The SMILES string of the molecule is CN1C(=O)CC(N)C1c1cnn(-c2ccccc2)c1. The van der Waals surface area contributed by atoms with Crippen molar-refractivity contribution in [3.05, 3.63) is 48.3 Å². The quantitative estimate of drug-likeness (QED) is 0.875. The van der Waals surface area contributed by atoms with Gasteiger partial charge in [0, 0.05) is 31.3 Å². The lowest BCUT2D eigenvalue weighted by Gasteiger charge is -2.21. The van der Waals surface area contributed by atoms with Crippen LogP contribution >= 0.6 is 0 Å². The summed E-state index contributed by atoms with van der Waals surface area (Å²) >= 11 is 0. The van der Waals surface area contributed by atoms with Crippen molar-refractivity contribution in [2.75, 3.05) is 7.05 Å². The van der Waals surface area contributed by atoms with Crippen LogP contribution in [0, 0.1) is 0 Å². The largest absolute Gasteiger partial charge is 0.337 e. The molecule has 2 unspecified atom stereocenters. The summed E-state index contributed by atoms with van der Waals surface area (Å²) in [4.78, 5) is 13.4. The summed E-state index contributed by atoms with van der Waals surface area (Å²) in [5.41, 5.74) is 8.01. The Balaban J connectivity index is 1.92. The van der Waals surface area contributed by atoms with Crippen LogP contribution in [0.5, 0.6) is 0 Å². The number of nitrogens with two attached hydrogens (primary N) is 1. The molecule has 1 aromatic carbocycles. The Morgan fingerprint density at radius 3 is 2.68 bits per heavy atom. The normalized spacial score (nSPS) is 23.1. The van der Waals surface area contributed by atoms with E-state index in [9.17, 15) is 4.79 Å². The predicted molar refractivity (Wildman–Crippen MR) is 71.7 cm³/mol. The summed E-state index contributed by atoms with van der Waals surface area (Å²) in [6.45, 7) is 0.